The molecule has 1 unspecified atom stereocenters. The van der Waals surface area contributed by atoms with Crippen LogP contribution in [0.3, 0.4) is 0 Å². The van der Waals surface area contributed by atoms with Crippen LogP contribution in [-0.4, -0.2) is 46.2 Å². The number of methoxy groups -OCH3 is 1. The number of halogens is 1. The number of imidazole rings is 1. The van der Waals surface area contributed by atoms with E-state index in [1.54, 1.807) is 6.07 Å². The Bertz CT molecular complexity index is 1180. The van der Waals surface area contributed by atoms with E-state index in [1.165, 1.54) is 19.2 Å². The van der Waals surface area contributed by atoms with E-state index in [4.69, 9.17) is 15.5 Å². The zero-order chi connectivity index (χ0) is 25.9. The van der Waals surface area contributed by atoms with Crippen molar-refractivity contribution in [3.63, 3.8) is 0 Å². The Hall–Kier alpha value is -3.03. The van der Waals surface area contributed by atoms with E-state index in [2.05, 4.69) is 37.5 Å². The molecule has 4 rings (SSSR count). The molecule has 3 aromatic rings. The van der Waals surface area contributed by atoms with Crippen LogP contribution in [0.15, 0.2) is 60.8 Å². The van der Waals surface area contributed by atoms with Crippen molar-refractivity contribution in [3.05, 3.63) is 78.0 Å². The lowest BCUT2D eigenvalue weighted by molar-refractivity contribution is -0.140. The van der Waals surface area contributed by atoms with Gasteiger partial charge in [-0.25, -0.2) is 9.37 Å². The zero-order valence-electron chi connectivity index (χ0n) is 21.7. The maximum Gasteiger partial charge on any atom is 0.249 e. The van der Waals surface area contributed by atoms with E-state index in [9.17, 15) is 9.18 Å². The van der Waals surface area contributed by atoms with Gasteiger partial charge < -0.3 is 19.9 Å². The number of benzene rings is 2. The summed E-state index contributed by atoms with van der Waals surface area (Å²) in [5.41, 5.74) is 8.37. The van der Waals surface area contributed by atoms with Crippen molar-refractivity contribution in [2.75, 3.05) is 20.3 Å². The molecule has 0 bridgehead atoms. The number of hydrogen-bond acceptors (Lipinski definition) is 4. The summed E-state index contributed by atoms with van der Waals surface area (Å²) in [6, 6.07) is 16.2. The van der Waals surface area contributed by atoms with Gasteiger partial charge in [-0.2, -0.15) is 0 Å². The Morgan fingerprint density at radius 3 is 2.53 bits per heavy atom. The highest BCUT2D eigenvalue weighted by Crippen LogP contribution is 2.41. The molecular weight excluding hydrogens is 455 g/mol. The number of carbonyl (C=O) groups is 1. The highest BCUT2D eigenvalue weighted by Gasteiger charge is 2.42. The van der Waals surface area contributed by atoms with E-state index in [-0.39, 0.29) is 35.3 Å². The second-order valence-electron chi connectivity index (χ2n) is 11.0. The standard InChI is InChI=1S/C29H37FN4O2/c1-28(2,3)26(34(25(35)20-36-4)16-15-29(31)13-14-29)27-32-24(22-11-8-12-23(30)17-22)19-33(27)18-21-9-6-5-7-10-21/h5-12,17,19,26H,13-16,18,20,31H2,1-4H3. The summed E-state index contributed by atoms with van der Waals surface area (Å²) in [5, 5.41) is 0. The Morgan fingerprint density at radius 2 is 1.92 bits per heavy atom. The van der Waals surface area contributed by atoms with Crippen molar-refractivity contribution in [3.8, 4) is 11.3 Å². The first-order valence-corrected chi connectivity index (χ1v) is 12.5. The smallest absolute Gasteiger partial charge is 0.249 e. The van der Waals surface area contributed by atoms with Crippen LogP contribution in [0, 0.1) is 11.2 Å². The topological polar surface area (TPSA) is 73.4 Å². The van der Waals surface area contributed by atoms with Gasteiger partial charge in [-0.3, -0.25) is 4.79 Å². The number of amides is 1. The van der Waals surface area contributed by atoms with Gasteiger partial charge in [-0.05, 0) is 42.4 Å². The lowest BCUT2D eigenvalue weighted by atomic mass is 9.84. The van der Waals surface area contributed by atoms with E-state index >= 15 is 0 Å². The van der Waals surface area contributed by atoms with Crippen LogP contribution in [0.1, 0.15) is 57.5 Å². The zero-order valence-corrected chi connectivity index (χ0v) is 21.7. The molecule has 0 aliphatic heterocycles. The van der Waals surface area contributed by atoms with Gasteiger partial charge in [0.1, 0.15) is 18.2 Å². The second kappa shape index (κ2) is 10.5. The number of rotatable bonds is 10. The molecular formula is C29H37FN4O2. The molecule has 0 radical (unpaired) electrons. The third-order valence-electron chi connectivity index (χ3n) is 6.83. The van der Waals surface area contributed by atoms with Crippen LogP contribution >= 0.6 is 0 Å². The molecule has 36 heavy (non-hydrogen) atoms. The van der Waals surface area contributed by atoms with Gasteiger partial charge in [0, 0.05) is 37.5 Å². The molecule has 1 aliphatic carbocycles. The maximum absolute atomic E-state index is 14.1. The molecule has 1 heterocycles. The van der Waals surface area contributed by atoms with E-state index < -0.39 is 0 Å². The summed E-state index contributed by atoms with van der Waals surface area (Å²) in [7, 11) is 1.53. The molecule has 1 aromatic heterocycles. The molecule has 0 saturated heterocycles. The Morgan fingerprint density at radius 1 is 1.19 bits per heavy atom. The van der Waals surface area contributed by atoms with Gasteiger partial charge in [-0.1, -0.05) is 63.2 Å². The van der Waals surface area contributed by atoms with Crippen molar-refractivity contribution in [1.29, 1.82) is 0 Å². The summed E-state index contributed by atoms with van der Waals surface area (Å²) >= 11 is 0. The van der Waals surface area contributed by atoms with Crippen molar-refractivity contribution in [2.45, 2.75) is 58.2 Å². The lowest BCUT2D eigenvalue weighted by Gasteiger charge is -2.40. The average molecular weight is 493 g/mol. The van der Waals surface area contributed by atoms with Gasteiger partial charge >= 0.3 is 0 Å². The molecule has 6 nitrogen and oxygen atoms in total. The summed E-state index contributed by atoms with van der Waals surface area (Å²) in [6.45, 7) is 7.43. The minimum atomic E-state index is -0.340. The fourth-order valence-electron chi connectivity index (χ4n) is 4.69. The number of nitrogens with zero attached hydrogens (tertiary/aromatic N) is 3. The number of carbonyl (C=O) groups excluding carboxylic acids is 1. The van der Waals surface area contributed by atoms with Crippen molar-refractivity contribution < 1.29 is 13.9 Å². The first kappa shape index (κ1) is 26.0. The van der Waals surface area contributed by atoms with Crippen molar-refractivity contribution in [1.82, 2.24) is 14.5 Å². The summed E-state index contributed by atoms with van der Waals surface area (Å²) in [5.74, 6) is 0.355. The number of aromatic nitrogens is 2. The predicted molar refractivity (Wildman–Crippen MR) is 140 cm³/mol. The molecule has 0 spiro atoms. The molecule has 1 fully saturated rings. The quantitative estimate of drug-likeness (QED) is 0.423. The van der Waals surface area contributed by atoms with E-state index in [1.807, 2.05) is 35.4 Å². The summed E-state index contributed by atoms with van der Waals surface area (Å²) < 4.78 is 21.4. The summed E-state index contributed by atoms with van der Waals surface area (Å²) in [6.07, 6.45) is 4.64. The SMILES string of the molecule is COCC(=O)N(CCC1(N)CC1)C(c1nc(-c2cccc(F)c2)cn1Cc1ccccc1)C(C)(C)C. The molecule has 1 aliphatic rings. The van der Waals surface area contributed by atoms with Gasteiger partial charge in [0.2, 0.25) is 5.91 Å². The highest BCUT2D eigenvalue weighted by atomic mass is 19.1. The van der Waals surface area contributed by atoms with Gasteiger partial charge in [0.15, 0.2) is 0 Å². The Kier molecular flexibility index (Phi) is 7.62. The number of hydrogen-bond donors (Lipinski definition) is 1. The molecule has 7 heteroatoms. The number of nitrogens with two attached hydrogens (primary N) is 1. The van der Waals surface area contributed by atoms with Gasteiger partial charge in [0.25, 0.3) is 0 Å². The van der Waals surface area contributed by atoms with Crippen LogP contribution in [0.4, 0.5) is 4.39 Å². The van der Waals surface area contributed by atoms with Gasteiger partial charge in [0.05, 0.1) is 11.7 Å². The predicted octanol–water partition coefficient (Wildman–Crippen LogP) is 5.18. The van der Waals surface area contributed by atoms with Gasteiger partial charge in [-0.15, -0.1) is 0 Å². The fourth-order valence-corrected chi connectivity index (χ4v) is 4.69. The second-order valence-corrected chi connectivity index (χ2v) is 11.0. The normalized spacial score (nSPS) is 15.5. The lowest BCUT2D eigenvalue weighted by Crippen LogP contribution is -2.46. The fraction of sp³-hybridized carbons (Fsp3) is 0.448. The third kappa shape index (κ3) is 6.20. The summed E-state index contributed by atoms with van der Waals surface area (Å²) in [4.78, 5) is 20.3. The van der Waals surface area contributed by atoms with Crippen LogP contribution in [0.2, 0.25) is 0 Å². The Balaban J connectivity index is 1.81. The first-order valence-electron chi connectivity index (χ1n) is 12.5. The van der Waals surface area contributed by atoms with Crippen LogP contribution in [-0.2, 0) is 16.1 Å². The molecule has 1 atom stereocenters. The minimum absolute atomic E-state index is 0.0136. The Labute approximate surface area is 213 Å². The average Bonchev–Trinajstić information content (AvgIpc) is 3.43. The maximum atomic E-state index is 14.1. The van der Waals surface area contributed by atoms with Crippen LogP contribution in [0.25, 0.3) is 11.3 Å². The van der Waals surface area contributed by atoms with Crippen LogP contribution < -0.4 is 5.73 Å². The number of ether oxygens (including phenoxy) is 1. The minimum Gasteiger partial charge on any atom is -0.375 e. The molecule has 2 N–H and O–H groups in total. The molecule has 1 saturated carbocycles. The molecule has 2 aromatic carbocycles. The first-order chi connectivity index (χ1) is 17.1. The monoisotopic (exact) mass is 492 g/mol. The molecule has 1 amide bonds. The third-order valence-corrected chi connectivity index (χ3v) is 6.83. The van der Waals surface area contributed by atoms with Crippen LogP contribution in [0.5, 0.6) is 0 Å². The highest BCUT2D eigenvalue weighted by molar-refractivity contribution is 5.78. The van der Waals surface area contributed by atoms with E-state index in [0.29, 0.717) is 24.3 Å². The van der Waals surface area contributed by atoms with Crippen molar-refractivity contribution >= 4 is 5.91 Å². The van der Waals surface area contributed by atoms with Crippen molar-refractivity contribution in [2.24, 2.45) is 11.1 Å². The van der Waals surface area contributed by atoms with E-state index in [0.717, 1.165) is 30.7 Å². The molecule has 192 valence electrons. The largest absolute Gasteiger partial charge is 0.375 e.